The second kappa shape index (κ2) is 3.62. The van der Waals surface area contributed by atoms with Gasteiger partial charge < -0.3 is 15.2 Å². The van der Waals surface area contributed by atoms with Gasteiger partial charge in [-0.1, -0.05) is 0 Å². The average molecular weight is 198 g/mol. The van der Waals surface area contributed by atoms with E-state index in [1.54, 1.807) is 0 Å². The first-order valence-corrected chi connectivity index (χ1v) is 4.22. The highest BCUT2D eigenvalue weighted by Gasteiger charge is 2.22. The van der Waals surface area contributed by atoms with Gasteiger partial charge in [0.05, 0.1) is 13.2 Å². The summed E-state index contributed by atoms with van der Waals surface area (Å²) in [7, 11) is 0. The van der Waals surface area contributed by atoms with E-state index in [-0.39, 0.29) is 17.9 Å². The third-order valence-electron chi connectivity index (χ3n) is 1.86. The molecule has 0 saturated carbocycles. The van der Waals surface area contributed by atoms with Crippen LogP contribution in [0.2, 0.25) is 0 Å². The SMILES string of the molecule is Nc1n[nH]c(C(=O)OC2CCOC2)n1. The Balaban J connectivity index is 1.95. The van der Waals surface area contributed by atoms with Gasteiger partial charge in [-0.2, -0.15) is 4.98 Å². The number of aromatic nitrogens is 3. The summed E-state index contributed by atoms with van der Waals surface area (Å²) in [5, 5.41) is 5.90. The predicted octanol–water partition coefficient (Wildman–Crippen LogP) is -0.667. The molecule has 76 valence electrons. The van der Waals surface area contributed by atoms with E-state index in [1.807, 2.05) is 0 Å². The molecule has 14 heavy (non-hydrogen) atoms. The van der Waals surface area contributed by atoms with Crippen LogP contribution in [-0.2, 0) is 9.47 Å². The number of ether oxygens (including phenoxy) is 2. The number of esters is 1. The molecule has 0 aliphatic carbocycles. The van der Waals surface area contributed by atoms with Gasteiger partial charge in [0.1, 0.15) is 6.10 Å². The Labute approximate surface area is 79.6 Å². The zero-order chi connectivity index (χ0) is 9.97. The van der Waals surface area contributed by atoms with Crippen molar-refractivity contribution >= 4 is 11.9 Å². The molecule has 1 aliphatic heterocycles. The minimum atomic E-state index is -0.551. The van der Waals surface area contributed by atoms with Gasteiger partial charge in [0.15, 0.2) is 0 Å². The number of rotatable bonds is 2. The molecule has 1 saturated heterocycles. The Morgan fingerprint density at radius 2 is 2.57 bits per heavy atom. The lowest BCUT2D eigenvalue weighted by molar-refractivity contribution is 0.0257. The molecule has 1 fully saturated rings. The molecule has 1 aromatic heterocycles. The normalized spacial score (nSPS) is 21.0. The Bertz CT molecular complexity index is 331. The van der Waals surface area contributed by atoms with Crippen molar-refractivity contribution in [3.63, 3.8) is 0 Å². The van der Waals surface area contributed by atoms with Gasteiger partial charge in [-0.15, -0.1) is 5.10 Å². The van der Waals surface area contributed by atoms with Crippen molar-refractivity contribution in [3.05, 3.63) is 5.82 Å². The molecule has 0 radical (unpaired) electrons. The number of nitrogens with zero attached hydrogens (tertiary/aromatic N) is 2. The summed E-state index contributed by atoms with van der Waals surface area (Å²) in [6.07, 6.45) is 0.531. The number of nitrogens with one attached hydrogen (secondary N) is 1. The van der Waals surface area contributed by atoms with Crippen molar-refractivity contribution in [2.45, 2.75) is 12.5 Å². The average Bonchev–Trinajstić information content (AvgIpc) is 2.75. The van der Waals surface area contributed by atoms with Crippen LogP contribution < -0.4 is 5.73 Å². The van der Waals surface area contributed by atoms with Gasteiger partial charge in [0, 0.05) is 6.42 Å². The molecule has 0 amide bonds. The predicted molar refractivity (Wildman–Crippen MR) is 45.4 cm³/mol. The Kier molecular flexibility index (Phi) is 2.32. The lowest BCUT2D eigenvalue weighted by Crippen LogP contribution is -2.19. The lowest BCUT2D eigenvalue weighted by Gasteiger charge is -2.07. The minimum Gasteiger partial charge on any atom is -0.454 e. The molecule has 1 aromatic rings. The molecule has 0 spiro atoms. The van der Waals surface area contributed by atoms with Crippen LogP contribution in [0.4, 0.5) is 5.95 Å². The maximum atomic E-state index is 11.3. The first-order valence-electron chi connectivity index (χ1n) is 4.22. The highest BCUT2D eigenvalue weighted by Crippen LogP contribution is 2.10. The van der Waals surface area contributed by atoms with E-state index >= 15 is 0 Å². The van der Waals surface area contributed by atoms with Crippen molar-refractivity contribution in [3.8, 4) is 0 Å². The van der Waals surface area contributed by atoms with Crippen LogP contribution in [0.5, 0.6) is 0 Å². The molecule has 1 atom stereocenters. The van der Waals surface area contributed by atoms with Gasteiger partial charge in [0.2, 0.25) is 11.8 Å². The third-order valence-corrected chi connectivity index (χ3v) is 1.86. The summed E-state index contributed by atoms with van der Waals surface area (Å²) in [6.45, 7) is 1.06. The minimum absolute atomic E-state index is 0.0226. The van der Waals surface area contributed by atoms with Crippen molar-refractivity contribution < 1.29 is 14.3 Å². The molecular formula is C7H10N4O3. The van der Waals surface area contributed by atoms with Crippen LogP contribution in [-0.4, -0.2) is 40.5 Å². The van der Waals surface area contributed by atoms with Crippen LogP contribution in [0.15, 0.2) is 0 Å². The van der Waals surface area contributed by atoms with E-state index in [2.05, 4.69) is 15.2 Å². The molecule has 2 heterocycles. The van der Waals surface area contributed by atoms with Crippen molar-refractivity contribution in [2.24, 2.45) is 0 Å². The first-order chi connectivity index (χ1) is 6.75. The van der Waals surface area contributed by atoms with E-state index in [9.17, 15) is 4.79 Å². The van der Waals surface area contributed by atoms with Crippen LogP contribution >= 0.6 is 0 Å². The molecular weight excluding hydrogens is 188 g/mol. The van der Waals surface area contributed by atoms with Gasteiger partial charge in [-0.3, -0.25) is 5.10 Å². The largest absolute Gasteiger partial charge is 0.454 e. The van der Waals surface area contributed by atoms with Gasteiger partial charge in [0.25, 0.3) is 0 Å². The molecule has 7 heteroatoms. The maximum absolute atomic E-state index is 11.3. The number of H-pyrrole nitrogens is 1. The van der Waals surface area contributed by atoms with Crippen molar-refractivity contribution in [1.82, 2.24) is 15.2 Å². The van der Waals surface area contributed by atoms with Gasteiger partial charge in [-0.05, 0) is 0 Å². The number of hydrogen-bond acceptors (Lipinski definition) is 6. The number of hydrogen-bond donors (Lipinski definition) is 2. The van der Waals surface area contributed by atoms with E-state index in [1.165, 1.54) is 0 Å². The van der Waals surface area contributed by atoms with Crippen molar-refractivity contribution in [1.29, 1.82) is 0 Å². The van der Waals surface area contributed by atoms with Crippen LogP contribution in [0.3, 0.4) is 0 Å². The third kappa shape index (κ3) is 1.82. The highest BCUT2D eigenvalue weighted by atomic mass is 16.6. The number of nitrogens with two attached hydrogens (primary N) is 1. The monoisotopic (exact) mass is 198 g/mol. The maximum Gasteiger partial charge on any atom is 0.376 e. The summed E-state index contributed by atoms with van der Waals surface area (Å²) in [6, 6.07) is 0. The summed E-state index contributed by atoms with van der Waals surface area (Å²) in [5.41, 5.74) is 5.24. The van der Waals surface area contributed by atoms with E-state index < -0.39 is 5.97 Å². The fraction of sp³-hybridized carbons (Fsp3) is 0.571. The summed E-state index contributed by atoms with van der Waals surface area (Å²) in [5.74, 6) is -0.501. The zero-order valence-corrected chi connectivity index (χ0v) is 7.40. The number of aromatic amines is 1. The van der Waals surface area contributed by atoms with E-state index in [0.717, 1.165) is 6.42 Å². The Hall–Kier alpha value is -1.63. The molecule has 0 bridgehead atoms. The van der Waals surface area contributed by atoms with E-state index in [4.69, 9.17) is 15.2 Å². The number of nitrogen functional groups attached to an aromatic ring is 1. The van der Waals surface area contributed by atoms with Crippen LogP contribution in [0, 0.1) is 0 Å². The summed E-state index contributed by atoms with van der Waals surface area (Å²) >= 11 is 0. The second-order valence-electron chi connectivity index (χ2n) is 2.93. The van der Waals surface area contributed by atoms with Gasteiger partial charge >= 0.3 is 5.97 Å². The summed E-state index contributed by atoms with van der Waals surface area (Å²) in [4.78, 5) is 15.0. The number of carbonyl (C=O) groups is 1. The quantitative estimate of drug-likeness (QED) is 0.611. The zero-order valence-electron chi connectivity index (χ0n) is 7.40. The Morgan fingerprint density at radius 3 is 3.14 bits per heavy atom. The number of anilines is 1. The Morgan fingerprint density at radius 1 is 1.71 bits per heavy atom. The van der Waals surface area contributed by atoms with Gasteiger partial charge in [-0.25, -0.2) is 4.79 Å². The smallest absolute Gasteiger partial charge is 0.376 e. The molecule has 1 aliphatic rings. The summed E-state index contributed by atoms with van der Waals surface area (Å²) < 4.78 is 10.1. The standard InChI is InChI=1S/C7H10N4O3/c8-7-9-5(10-11-7)6(12)14-4-1-2-13-3-4/h4H,1-3H2,(H3,8,9,10,11). The first kappa shape index (κ1) is 8.95. The fourth-order valence-corrected chi connectivity index (χ4v) is 1.18. The van der Waals surface area contributed by atoms with Crippen molar-refractivity contribution in [2.75, 3.05) is 18.9 Å². The van der Waals surface area contributed by atoms with Crippen LogP contribution in [0.25, 0.3) is 0 Å². The highest BCUT2D eigenvalue weighted by molar-refractivity contribution is 5.85. The topological polar surface area (TPSA) is 103 Å². The fourth-order valence-electron chi connectivity index (χ4n) is 1.18. The molecule has 1 unspecified atom stereocenters. The molecule has 2 rings (SSSR count). The lowest BCUT2D eigenvalue weighted by atomic mass is 10.3. The van der Waals surface area contributed by atoms with Crippen LogP contribution in [0.1, 0.15) is 17.0 Å². The second-order valence-corrected chi connectivity index (χ2v) is 2.93. The molecule has 0 aromatic carbocycles. The molecule has 3 N–H and O–H groups in total. The number of carbonyl (C=O) groups excluding carboxylic acids is 1. The van der Waals surface area contributed by atoms with E-state index in [0.29, 0.717) is 13.2 Å². The molecule has 7 nitrogen and oxygen atoms in total.